The molecule has 6 nitrogen and oxygen atoms in total. The predicted octanol–water partition coefficient (Wildman–Crippen LogP) is 1.47. The summed E-state index contributed by atoms with van der Waals surface area (Å²) in [6, 6.07) is 0. The van der Waals surface area contributed by atoms with Crippen molar-refractivity contribution in [1.82, 2.24) is 0 Å². The molecule has 108 valence electrons. The second-order valence-electron chi connectivity index (χ2n) is 5.20. The summed E-state index contributed by atoms with van der Waals surface area (Å²) in [4.78, 5) is 20.5. The summed E-state index contributed by atoms with van der Waals surface area (Å²) in [5.74, 6) is -0.302. The number of rotatable bonds is 6. The third-order valence-electron chi connectivity index (χ3n) is 2.40. The Bertz CT molecular complexity index is 271. The zero-order chi connectivity index (χ0) is 13.6. The van der Waals surface area contributed by atoms with Gasteiger partial charge in [-0.3, -0.25) is 0 Å². The molecule has 1 N–H and O–H groups in total. The van der Waals surface area contributed by atoms with Gasteiger partial charge in [-0.15, -0.1) is 0 Å². The van der Waals surface area contributed by atoms with Crippen LogP contribution in [0, 0.1) is 5.41 Å². The van der Waals surface area contributed by atoms with Crippen molar-refractivity contribution in [2.45, 2.75) is 27.2 Å². The molecule has 1 aliphatic heterocycles. The zero-order valence-corrected chi connectivity index (χ0v) is 12.2. The number of hydrogen-bond acceptors (Lipinski definition) is 6. The molecule has 18 heavy (non-hydrogen) atoms. The van der Waals surface area contributed by atoms with Gasteiger partial charge in [0.25, 0.3) is 0 Å². The van der Waals surface area contributed by atoms with E-state index in [9.17, 15) is 9.69 Å². The molecule has 0 saturated carbocycles. The summed E-state index contributed by atoms with van der Waals surface area (Å²) in [5, 5.41) is 0. The minimum atomic E-state index is -3.14. The number of carbonyl (C=O) groups is 1. The van der Waals surface area contributed by atoms with Crippen molar-refractivity contribution >= 4 is 13.9 Å². The van der Waals surface area contributed by atoms with E-state index in [-0.39, 0.29) is 17.7 Å². The molecule has 0 spiro atoms. The SMILES string of the molecule is CC(=O)OCCCOC[PH]1(O)OCC(C)(C)CO1. The monoisotopic (exact) mass is 282 g/mol. The summed E-state index contributed by atoms with van der Waals surface area (Å²) in [5.41, 5.74) is -0.0610. The molecule has 0 atom stereocenters. The van der Waals surface area contributed by atoms with Gasteiger partial charge in [-0.1, -0.05) is 0 Å². The van der Waals surface area contributed by atoms with Crippen LogP contribution in [0.15, 0.2) is 0 Å². The van der Waals surface area contributed by atoms with Crippen LogP contribution in [0.2, 0.25) is 0 Å². The van der Waals surface area contributed by atoms with Gasteiger partial charge in [0, 0.05) is 0 Å². The Kier molecular flexibility index (Phi) is 5.95. The first-order chi connectivity index (χ1) is 8.33. The molecule has 0 aromatic carbocycles. The second-order valence-corrected chi connectivity index (χ2v) is 7.49. The van der Waals surface area contributed by atoms with Gasteiger partial charge in [0.15, 0.2) is 0 Å². The number of carbonyl (C=O) groups excluding carboxylic acids is 1. The fourth-order valence-corrected chi connectivity index (χ4v) is 3.25. The fraction of sp³-hybridized carbons (Fsp3) is 0.909. The molecule has 1 aliphatic rings. The molecule has 1 rings (SSSR count). The standard InChI is InChI=1S/C11H23O6P/c1-10(12)15-6-4-5-14-9-18(13)16-7-11(2,3)8-17-18/h13,18H,4-9H2,1-3H3. The molecule has 0 unspecified atom stereocenters. The van der Waals surface area contributed by atoms with Crippen LogP contribution in [0.5, 0.6) is 0 Å². The molecule has 0 aromatic heterocycles. The molecule has 7 heteroatoms. The quantitative estimate of drug-likeness (QED) is 0.452. The molecule has 1 saturated heterocycles. The van der Waals surface area contributed by atoms with E-state index in [1.165, 1.54) is 6.92 Å². The number of ether oxygens (including phenoxy) is 2. The third kappa shape index (κ3) is 6.07. The fourth-order valence-electron chi connectivity index (χ4n) is 1.36. The van der Waals surface area contributed by atoms with Crippen molar-refractivity contribution in [3.8, 4) is 0 Å². The Morgan fingerprint density at radius 3 is 2.50 bits per heavy atom. The summed E-state index contributed by atoms with van der Waals surface area (Å²) < 4.78 is 20.8. The molecule has 1 fully saturated rings. The minimum absolute atomic E-state index is 0.0610. The number of hydrogen-bond donors (Lipinski definition) is 1. The van der Waals surface area contributed by atoms with E-state index < -0.39 is 7.94 Å². The van der Waals surface area contributed by atoms with Gasteiger partial charge in [-0.2, -0.15) is 0 Å². The van der Waals surface area contributed by atoms with E-state index in [1.54, 1.807) is 0 Å². The normalized spacial score (nSPS) is 23.3. The van der Waals surface area contributed by atoms with E-state index in [1.807, 2.05) is 13.8 Å². The first-order valence-corrected chi connectivity index (χ1v) is 8.01. The van der Waals surface area contributed by atoms with Crippen molar-refractivity contribution in [1.29, 1.82) is 0 Å². The topological polar surface area (TPSA) is 74.2 Å². The van der Waals surface area contributed by atoms with Crippen LogP contribution < -0.4 is 0 Å². The molecular formula is C11H23O6P. The first kappa shape index (κ1) is 15.8. The average Bonchev–Trinajstić information content (AvgIpc) is 2.28. The summed E-state index contributed by atoms with van der Waals surface area (Å²) in [6.07, 6.45) is 0.679. The average molecular weight is 282 g/mol. The Labute approximate surface area is 108 Å². The maximum atomic E-state index is 10.5. The van der Waals surface area contributed by atoms with Crippen LogP contribution in [0.25, 0.3) is 0 Å². The molecular weight excluding hydrogens is 259 g/mol. The Hall–Kier alpha value is -0.260. The second kappa shape index (κ2) is 6.78. The van der Waals surface area contributed by atoms with Gasteiger partial charge in [0.05, 0.1) is 0 Å². The van der Waals surface area contributed by atoms with E-state index >= 15 is 0 Å². The summed E-state index contributed by atoms with van der Waals surface area (Å²) >= 11 is 0. The van der Waals surface area contributed by atoms with E-state index in [4.69, 9.17) is 18.5 Å². The van der Waals surface area contributed by atoms with E-state index in [0.29, 0.717) is 32.8 Å². The van der Waals surface area contributed by atoms with Crippen LogP contribution in [0.1, 0.15) is 27.2 Å². The Morgan fingerprint density at radius 1 is 1.33 bits per heavy atom. The predicted molar refractivity (Wildman–Crippen MR) is 68.3 cm³/mol. The molecule has 0 bridgehead atoms. The van der Waals surface area contributed by atoms with Crippen molar-refractivity contribution in [2.75, 3.05) is 32.8 Å². The Balaban J connectivity index is 2.10. The van der Waals surface area contributed by atoms with Gasteiger partial charge in [0.2, 0.25) is 0 Å². The van der Waals surface area contributed by atoms with Crippen molar-refractivity contribution in [3.63, 3.8) is 0 Å². The molecule has 1 heterocycles. The van der Waals surface area contributed by atoms with Crippen LogP contribution in [-0.2, 0) is 23.3 Å². The van der Waals surface area contributed by atoms with Crippen LogP contribution >= 0.6 is 7.94 Å². The van der Waals surface area contributed by atoms with Gasteiger partial charge in [-0.05, 0) is 0 Å². The molecule has 0 radical (unpaired) electrons. The number of esters is 1. The van der Waals surface area contributed by atoms with Gasteiger partial charge in [-0.25, -0.2) is 0 Å². The van der Waals surface area contributed by atoms with E-state index in [0.717, 1.165) is 0 Å². The van der Waals surface area contributed by atoms with Gasteiger partial charge in [0.1, 0.15) is 0 Å². The maximum absolute atomic E-state index is 10.5. The Morgan fingerprint density at radius 2 is 1.94 bits per heavy atom. The van der Waals surface area contributed by atoms with Crippen LogP contribution in [0.3, 0.4) is 0 Å². The van der Waals surface area contributed by atoms with Crippen molar-refractivity contribution in [3.05, 3.63) is 0 Å². The molecule has 0 aromatic rings. The van der Waals surface area contributed by atoms with Crippen molar-refractivity contribution in [2.24, 2.45) is 5.41 Å². The summed E-state index contributed by atoms with van der Waals surface area (Å²) in [7, 11) is -3.14. The molecule has 0 aliphatic carbocycles. The van der Waals surface area contributed by atoms with E-state index in [2.05, 4.69) is 0 Å². The van der Waals surface area contributed by atoms with Gasteiger partial charge < -0.3 is 0 Å². The van der Waals surface area contributed by atoms with Crippen molar-refractivity contribution < 1.29 is 28.2 Å². The first-order valence-electron chi connectivity index (χ1n) is 6.04. The molecule has 0 amide bonds. The van der Waals surface area contributed by atoms with Crippen LogP contribution in [0.4, 0.5) is 0 Å². The zero-order valence-electron chi connectivity index (χ0n) is 11.2. The van der Waals surface area contributed by atoms with Crippen LogP contribution in [-0.4, -0.2) is 43.6 Å². The van der Waals surface area contributed by atoms with Gasteiger partial charge >= 0.3 is 108 Å². The third-order valence-corrected chi connectivity index (χ3v) is 4.16. The summed E-state index contributed by atoms with van der Waals surface area (Å²) in [6.45, 7) is 7.08.